The second-order valence-corrected chi connectivity index (χ2v) is 6.78. The van der Waals surface area contributed by atoms with Gasteiger partial charge in [-0.2, -0.15) is 4.68 Å². The molecule has 1 aromatic heterocycles. The van der Waals surface area contributed by atoms with Gasteiger partial charge in [-0.05, 0) is 40.8 Å². The first kappa shape index (κ1) is 17.4. The maximum absolute atomic E-state index is 12.1. The highest BCUT2D eigenvalue weighted by molar-refractivity contribution is 9.10. The Balaban J connectivity index is 1.66. The Labute approximate surface area is 156 Å². The van der Waals surface area contributed by atoms with Crippen LogP contribution in [0.15, 0.2) is 58.2 Å². The van der Waals surface area contributed by atoms with Crippen LogP contribution >= 0.6 is 27.7 Å². The Kier molecular flexibility index (Phi) is 5.67. The number of hydrogen-bond acceptors (Lipinski definition) is 6. The molecule has 2 aromatic carbocycles. The molecule has 0 saturated heterocycles. The molecule has 0 aliphatic carbocycles. The molecule has 0 fully saturated rings. The SMILES string of the molecule is COc1cccc(-n2nnnc2SCC(=O)Nc2cccc(Br)c2)c1. The normalized spacial score (nSPS) is 10.5. The van der Waals surface area contributed by atoms with Crippen LogP contribution in [-0.2, 0) is 4.79 Å². The molecule has 3 aromatic rings. The van der Waals surface area contributed by atoms with E-state index >= 15 is 0 Å². The molecule has 1 N–H and O–H groups in total. The number of methoxy groups -OCH3 is 1. The zero-order chi connectivity index (χ0) is 17.6. The standard InChI is InChI=1S/C16H14BrN5O2S/c1-24-14-7-3-6-13(9-14)22-16(19-20-21-22)25-10-15(23)18-12-5-2-4-11(17)8-12/h2-9H,10H2,1H3,(H,18,23). The second kappa shape index (κ2) is 8.13. The van der Waals surface area contributed by atoms with Crippen molar-refractivity contribution in [3.05, 3.63) is 53.0 Å². The Morgan fingerprint density at radius 3 is 2.92 bits per heavy atom. The third kappa shape index (κ3) is 4.58. The van der Waals surface area contributed by atoms with Gasteiger partial charge in [-0.25, -0.2) is 0 Å². The van der Waals surface area contributed by atoms with E-state index < -0.39 is 0 Å². The molecular formula is C16H14BrN5O2S. The largest absolute Gasteiger partial charge is 0.497 e. The van der Waals surface area contributed by atoms with Gasteiger partial charge in [0.05, 0.1) is 18.6 Å². The summed E-state index contributed by atoms with van der Waals surface area (Å²) < 4.78 is 7.68. The molecule has 1 amide bonds. The summed E-state index contributed by atoms with van der Waals surface area (Å²) in [4.78, 5) is 12.1. The highest BCUT2D eigenvalue weighted by Gasteiger charge is 2.12. The van der Waals surface area contributed by atoms with Crippen molar-refractivity contribution in [2.75, 3.05) is 18.2 Å². The lowest BCUT2D eigenvalue weighted by atomic mass is 10.3. The van der Waals surface area contributed by atoms with Gasteiger partial charge in [-0.3, -0.25) is 4.79 Å². The minimum Gasteiger partial charge on any atom is -0.497 e. The molecule has 0 saturated carbocycles. The summed E-state index contributed by atoms with van der Waals surface area (Å²) >= 11 is 4.63. The number of ether oxygens (including phenoxy) is 1. The third-order valence-electron chi connectivity index (χ3n) is 3.18. The van der Waals surface area contributed by atoms with Gasteiger partial charge in [-0.1, -0.05) is 39.8 Å². The van der Waals surface area contributed by atoms with Crippen molar-refractivity contribution in [3.8, 4) is 11.4 Å². The summed E-state index contributed by atoms with van der Waals surface area (Å²) in [5.74, 6) is 0.760. The number of hydrogen-bond donors (Lipinski definition) is 1. The van der Waals surface area contributed by atoms with Crippen molar-refractivity contribution in [2.45, 2.75) is 5.16 Å². The van der Waals surface area contributed by atoms with E-state index in [0.717, 1.165) is 15.8 Å². The fraction of sp³-hybridized carbons (Fsp3) is 0.125. The molecule has 9 heteroatoms. The number of nitrogens with zero attached hydrogens (tertiary/aromatic N) is 4. The Morgan fingerprint density at radius 1 is 1.28 bits per heavy atom. The molecule has 0 unspecified atom stereocenters. The highest BCUT2D eigenvalue weighted by Crippen LogP contribution is 2.22. The second-order valence-electron chi connectivity index (χ2n) is 4.92. The predicted molar refractivity (Wildman–Crippen MR) is 99.2 cm³/mol. The molecule has 0 spiro atoms. The zero-order valence-electron chi connectivity index (χ0n) is 13.2. The van der Waals surface area contributed by atoms with E-state index in [2.05, 4.69) is 36.8 Å². The lowest BCUT2D eigenvalue weighted by Crippen LogP contribution is -2.14. The topological polar surface area (TPSA) is 81.9 Å². The van der Waals surface area contributed by atoms with Crippen LogP contribution in [0.3, 0.4) is 0 Å². The molecule has 0 bridgehead atoms. The lowest BCUT2D eigenvalue weighted by Gasteiger charge is -2.07. The zero-order valence-corrected chi connectivity index (χ0v) is 15.6. The van der Waals surface area contributed by atoms with Gasteiger partial charge >= 0.3 is 0 Å². The minimum absolute atomic E-state index is 0.136. The van der Waals surface area contributed by atoms with E-state index in [1.54, 1.807) is 11.8 Å². The molecule has 0 aliphatic heterocycles. The number of nitrogens with one attached hydrogen (secondary N) is 1. The molecule has 3 rings (SSSR count). The van der Waals surface area contributed by atoms with Crippen LogP contribution in [0.5, 0.6) is 5.75 Å². The Bertz CT molecular complexity index is 886. The highest BCUT2D eigenvalue weighted by atomic mass is 79.9. The van der Waals surface area contributed by atoms with Crippen molar-refractivity contribution in [1.82, 2.24) is 20.2 Å². The van der Waals surface area contributed by atoms with Crippen molar-refractivity contribution in [2.24, 2.45) is 0 Å². The maximum atomic E-state index is 12.1. The number of halogens is 1. The van der Waals surface area contributed by atoms with Crippen LogP contribution in [-0.4, -0.2) is 39.0 Å². The summed E-state index contributed by atoms with van der Waals surface area (Å²) in [6, 6.07) is 14.8. The van der Waals surface area contributed by atoms with E-state index in [1.165, 1.54) is 11.8 Å². The molecule has 1 heterocycles. The summed E-state index contributed by atoms with van der Waals surface area (Å²) in [6.07, 6.45) is 0. The fourth-order valence-electron chi connectivity index (χ4n) is 2.07. The first-order valence-corrected chi connectivity index (χ1v) is 9.04. The quantitative estimate of drug-likeness (QED) is 0.617. The van der Waals surface area contributed by atoms with Gasteiger partial charge in [0, 0.05) is 16.2 Å². The van der Waals surface area contributed by atoms with E-state index in [9.17, 15) is 4.79 Å². The summed E-state index contributed by atoms with van der Waals surface area (Å²) in [5.41, 5.74) is 1.49. The van der Waals surface area contributed by atoms with Crippen molar-refractivity contribution >= 4 is 39.3 Å². The number of carbonyl (C=O) groups excluding carboxylic acids is 1. The maximum Gasteiger partial charge on any atom is 0.234 e. The molecule has 0 radical (unpaired) electrons. The van der Waals surface area contributed by atoms with Crippen LogP contribution in [0, 0.1) is 0 Å². The van der Waals surface area contributed by atoms with Gasteiger partial charge in [0.25, 0.3) is 0 Å². The lowest BCUT2D eigenvalue weighted by molar-refractivity contribution is -0.113. The van der Waals surface area contributed by atoms with Gasteiger partial charge in [0.15, 0.2) is 0 Å². The average molecular weight is 420 g/mol. The van der Waals surface area contributed by atoms with Crippen molar-refractivity contribution in [1.29, 1.82) is 0 Å². The van der Waals surface area contributed by atoms with Crippen LogP contribution in [0.25, 0.3) is 5.69 Å². The summed E-state index contributed by atoms with van der Waals surface area (Å²) in [5, 5.41) is 15.0. The van der Waals surface area contributed by atoms with Gasteiger partial charge < -0.3 is 10.1 Å². The number of rotatable bonds is 6. The predicted octanol–water partition coefficient (Wildman–Crippen LogP) is 3.16. The molecular weight excluding hydrogens is 406 g/mol. The van der Waals surface area contributed by atoms with Crippen LogP contribution in [0.4, 0.5) is 5.69 Å². The number of benzene rings is 2. The van der Waals surface area contributed by atoms with Crippen molar-refractivity contribution < 1.29 is 9.53 Å². The van der Waals surface area contributed by atoms with E-state index in [1.807, 2.05) is 48.5 Å². The van der Waals surface area contributed by atoms with Gasteiger partial charge in [0.1, 0.15) is 5.75 Å². The molecule has 0 atom stereocenters. The molecule has 0 aliphatic rings. The smallest absolute Gasteiger partial charge is 0.234 e. The molecule has 128 valence electrons. The number of carbonyl (C=O) groups is 1. The van der Waals surface area contributed by atoms with E-state index in [0.29, 0.717) is 10.9 Å². The monoisotopic (exact) mass is 419 g/mol. The summed E-state index contributed by atoms with van der Waals surface area (Å²) in [7, 11) is 1.60. The van der Waals surface area contributed by atoms with Crippen LogP contribution in [0.2, 0.25) is 0 Å². The fourth-order valence-corrected chi connectivity index (χ4v) is 3.16. The number of aromatic nitrogens is 4. The third-order valence-corrected chi connectivity index (χ3v) is 4.59. The number of amides is 1. The van der Waals surface area contributed by atoms with Crippen LogP contribution < -0.4 is 10.1 Å². The Hall–Kier alpha value is -2.39. The summed E-state index contributed by atoms with van der Waals surface area (Å²) in [6.45, 7) is 0. The Morgan fingerprint density at radius 2 is 2.12 bits per heavy atom. The molecule has 7 nitrogen and oxygen atoms in total. The average Bonchev–Trinajstić information content (AvgIpc) is 3.08. The van der Waals surface area contributed by atoms with Crippen molar-refractivity contribution in [3.63, 3.8) is 0 Å². The number of tetrazole rings is 1. The minimum atomic E-state index is -0.136. The number of anilines is 1. The number of thioether (sulfide) groups is 1. The first-order chi connectivity index (χ1) is 12.2. The first-order valence-electron chi connectivity index (χ1n) is 7.27. The van der Waals surface area contributed by atoms with Crippen LogP contribution in [0.1, 0.15) is 0 Å². The van der Waals surface area contributed by atoms with E-state index in [-0.39, 0.29) is 11.7 Å². The van der Waals surface area contributed by atoms with E-state index in [4.69, 9.17) is 4.74 Å². The molecule has 25 heavy (non-hydrogen) atoms. The van der Waals surface area contributed by atoms with Gasteiger partial charge in [-0.15, -0.1) is 5.10 Å². The van der Waals surface area contributed by atoms with Gasteiger partial charge in [0.2, 0.25) is 11.1 Å².